The van der Waals surface area contributed by atoms with Crippen molar-refractivity contribution >= 4 is 0 Å². The maximum atomic E-state index is 12.8. The summed E-state index contributed by atoms with van der Waals surface area (Å²) in [5, 5.41) is 3.11. The lowest BCUT2D eigenvalue weighted by Crippen LogP contribution is -2.15. The monoisotopic (exact) mass is 246 g/mol. The molecule has 0 saturated carbocycles. The summed E-state index contributed by atoms with van der Waals surface area (Å²) >= 11 is 0. The van der Waals surface area contributed by atoms with Gasteiger partial charge in [-0.3, -0.25) is 0 Å². The number of halogens is 3. The van der Waals surface area contributed by atoms with E-state index in [-0.39, 0.29) is 5.88 Å². The van der Waals surface area contributed by atoms with E-state index in [4.69, 9.17) is 4.74 Å². The van der Waals surface area contributed by atoms with Gasteiger partial charge in [-0.25, -0.2) is 4.98 Å². The molecule has 1 aromatic rings. The predicted octanol–water partition coefficient (Wildman–Crippen LogP) is 2.14. The van der Waals surface area contributed by atoms with Gasteiger partial charge >= 0.3 is 6.18 Å². The zero-order chi connectivity index (χ0) is 12.5. The van der Waals surface area contributed by atoms with Gasteiger partial charge in [-0.15, -0.1) is 0 Å². The highest BCUT2D eigenvalue weighted by atomic mass is 19.4. The van der Waals surface area contributed by atoms with Crippen LogP contribution < -0.4 is 10.1 Å². The highest BCUT2D eigenvalue weighted by Gasteiger charge is 2.36. The van der Waals surface area contributed by atoms with Crippen LogP contribution >= 0.6 is 0 Å². The Bertz CT molecular complexity index is 418. The molecule has 2 rings (SSSR count). The first-order valence-corrected chi connectivity index (χ1v) is 5.37. The van der Waals surface area contributed by atoms with Crippen molar-refractivity contribution in [3.05, 3.63) is 22.9 Å². The van der Waals surface area contributed by atoms with Crippen LogP contribution in [-0.4, -0.2) is 18.6 Å². The molecule has 1 aromatic heterocycles. The standard InChI is InChI=1S/C11H13F3N2O/c1-17-10-8(11(12,13)14)5-7-3-2-4-15-6-9(7)16-10/h5,15H,2-4,6H2,1H3. The van der Waals surface area contributed by atoms with E-state index in [1.54, 1.807) is 0 Å². The highest BCUT2D eigenvalue weighted by Crippen LogP contribution is 2.36. The molecule has 0 bridgehead atoms. The molecule has 0 atom stereocenters. The summed E-state index contributed by atoms with van der Waals surface area (Å²) < 4.78 is 43.0. The number of nitrogens with zero attached hydrogens (tertiary/aromatic N) is 1. The summed E-state index contributed by atoms with van der Waals surface area (Å²) in [6, 6.07) is 1.16. The molecule has 0 fully saturated rings. The van der Waals surface area contributed by atoms with E-state index in [9.17, 15) is 13.2 Å². The van der Waals surface area contributed by atoms with E-state index in [2.05, 4.69) is 10.3 Å². The first-order valence-electron chi connectivity index (χ1n) is 5.37. The zero-order valence-corrected chi connectivity index (χ0v) is 9.40. The predicted molar refractivity (Wildman–Crippen MR) is 55.8 cm³/mol. The number of hydrogen-bond donors (Lipinski definition) is 1. The van der Waals surface area contributed by atoms with Crippen LogP contribution in [0.1, 0.15) is 23.2 Å². The lowest BCUT2D eigenvalue weighted by atomic mass is 10.1. The zero-order valence-electron chi connectivity index (χ0n) is 9.40. The highest BCUT2D eigenvalue weighted by molar-refractivity contribution is 5.37. The fraction of sp³-hybridized carbons (Fsp3) is 0.545. The van der Waals surface area contributed by atoms with Gasteiger partial charge in [-0.1, -0.05) is 0 Å². The van der Waals surface area contributed by atoms with Crippen LogP contribution in [0.4, 0.5) is 13.2 Å². The Hall–Kier alpha value is -1.30. The molecule has 6 heteroatoms. The van der Waals surface area contributed by atoms with Gasteiger partial charge in [0.2, 0.25) is 5.88 Å². The molecule has 17 heavy (non-hydrogen) atoms. The van der Waals surface area contributed by atoms with Crippen molar-refractivity contribution in [2.45, 2.75) is 25.6 Å². The van der Waals surface area contributed by atoms with Gasteiger partial charge in [0.15, 0.2) is 0 Å². The molecular formula is C11H13F3N2O. The molecule has 94 valence electrons. The van der Waals surface area contributed by atoms with Crippen LogP contribution in [0.15, 0.2) is 6.07 Å². The average Bonchev–Trinajstić information content (AvgIpc) is 2.50. The van der Waals surface area contributed by atoms with E-state index in [0.29, 0.717) is 24.2 Å². The van der Waals surface area contributed by atoms with Gasteiger partial charge in [0, 0.05) is 6.54 Å². The second-order valence-electron chi connectivity index (χ2n) is 3.93. The third kappa shape index (κ3) is 2.52. The molecule has 2 heterocycles. The molecule has 1 N–H and O–H groups in total. The maximum Gasteiger partial charge on any atom is 0.421 e. The van der Waals surface area contributed by atoms with E-state index in [1.807, 2.05) is 0 Å². The van der Waals surface area contributed by atoms with Crippen LogP contribution in [0.3, 0.4) is 0 Å². The molecular weight excluding hydrogens is 233 g/mol. The SMILES string of the molecule is COc1nc2c(cc1C(F)(F)F)CCCNC2. The number of aromatic nitrogens is 1. The minimum absolute atomic E-state index is 0.347. The number of ether oxygens (including phenoxy) is 1. The first kappa shape index (κ1) is 12.2. The molecule has 0 spiro atoms. The summed E-state index contributed by atoms with van der Waals surface area (Å²) in [5.74, 6) is -0.347. The number of pyridine rings is 1. The summed E-state index contributed by atoms with van der Waals surface area (Å²) in [5.41, 5.74) is 0.510. The summed E-state index contributed by atoms with van der Waals surface area (Å²) in [4.78, 5) is 3.95. The Morgan fingerprint density at radius 2 is 2.18 bits per heavy atom. The molecule has 3 nitrogen and oxygen atoms in total. The van der Waals surface area contributed by atoms with Crippen molar-refractivity contribution in [3.63, 3.8) is 0 Å². The number of aryl methyl sites for hydroxylation is 1. The fourth-order valence-electron chi connectivity index (χ4n) is 1.91. The number of fused-ring (bicyclic) bond motifs is 1. The number of alkyl halides is 3. The molecule has 0 unspecified atom stereocenters. The van der Waals surface area contributed by atoms with Gasteiger partial charge in [-0.05, 0) is 31.0 Å². The third-order valence-corrected chi connectivity index (χ3v) is 2.75. The fourth-order valence-corrected chi connectivity index (χ4v) is 1.91. The summed E-state index contributed by atoms with van der Waals surface area (Å²) in [6.45, 7) is 1.28. The van der Waals surface area contributed by atoms with E-state index in [1.165, 1.54) is 7.11 Å². The number of hydrogen-bond acceptors (Lipinski definition) is 3. The lowest BCUT2D eigenvalue weighted by molar-refractivity contribution is -0.139. The van der Waals surface area contributed by atoms with E-state index < -0.39 is 11.7 Å². The van der Waals surface area contributed by atoms with Crippen LogP contribution in [-0.2, 0) is 19.1 Å². The van der Waals surface area contributed by atoms with Crippen molar-refractivity contribution < 1.29 is 17.9 Å². The second-order valence-corrected chi connectivity index (χ2v) is 3.93. The maximum absolute atomic E-state index is 12.8. The first-order chi connectivity index (χ1) is 8.02. The quantitative estimate of drug-likeness (QED) is 0.824. The van der Waals surface area contributed by atoms with E-state index >= 15 is 0 Å². The van der Waals surface area contributed by atoms with Gasteiger partial charge < -0.3 is 10.1 Å². The van der Waals surface area contributed by atoms with Crippen molar-refractivity contribution in [2.24, 2.45) is 0 Å². The topological polar surface area (TPSA) is 34.1 Å². The normalized spacial score (nSPS) is 16.2. The van der Waals surface area contributed by atoms with Gasteiger partial charge in [-0.2, -0.15) is 13.2 Å². The second kappa shape index (κ2) is 4.52. The molecule has 0 amide bonds. The largest absolute Gasteiger partial charge is 0.481 e. The number of nitrogens with one attached hydrogen (secondary N) is 1. The summed E-state index contributed by atoms with van der Waals surface area (Å²) in [6.07, 6.45) is -2.99. The molecule has 0 aliphatic carbocycles. The van der Waals surface area contributed by atoms with Crippen molar-refractivity contribution in [1.82, 2.24) is 10.3 Å². The number of methoxy groups -OCH3 is 1. The van der Waals surface area contributed by atoms with Gasteiger partial charge in [0.05, 0.1) is 12.8 Å². The number of rotatable bonds is 1. The Labute approximate surface area is 97.0 Å². The van der Waals surface area contributed by atoms with Crippen LogP contribution in [0.5, 0.6) is 5.88 Å². The van der Waals surface area contributed by atoms with Gasteiger partial charge in [0.25, 0.3) is 0 Å². The summed E-state index contributed by atoms with van der Waals surface area (Å²) in [7, 11) is 1.20. The Balaban J connectivity index is 2.50. The smallest absolute Gasteiger partial charge is 0.421 e. The average molecular weight is 246 g/mol. The third-order valence-electron chi connectivity index (χ3n) is 2.75. The van der Waals surface area contributed by atoms with Crippen molar-refractivity contribution in [2.75, 3.05) is 13.7 Å². The molecule has 0 radical (unpaired) electrons. The molecule has 0 aromatic carbocycles. The minimum Gasteiger partial charge on any atom is -0.481 e. The Morgan fingerprint density at radius 3 is 2.82 bits per heavy atom. The van der Waals surface area contributed by atoms with Gasteiger partial charge in [0.1, 0.15) is 5.56 Å². The van der Waals surface area contributed by atoms with Crippen LogP contribution in [0, 0.1) is 0 Å². The molecule has 1 aliphatic rings. The van der Waals surface area contributed by atoms with Crippen LogP contribution in [0.25, 0.3) is 0 Å². The Morgan fingerprint density at radius 1 is 1.41 bits per heavy atom. The van der Waals surface area contributed by atoms with Crippen molar-refractivity contribution in [3.8, 4) is 5.88 Å². The lowest BCUT2D eigenvalue weighted by Gasteiger charge is -2.14. The minimum atomic E-state index is -4.42. The van der Waals surface area contributed by atoms with Crippen LogP contribution in [0.2, 0.25) is 0 Å². The van der Waals surface area contributed by atoms with E-state index in [0.717, 1.165) is 19.0 Å². The Kier molecular flexibility index (Phi) is 3.24. The molecule has 1 aliphatic heterocycles. The molecule has 0 saturated heterocycles. The van der Waals surface area contributed by atoms with Crippen molar-refractivity contribution in [1.29, 1.82) is 0 Å².